The second kappa shape index (κ2) is 7.45. The third-order valence-corrected chi connectivity index (χ3v) is 5.82. The number of thiophene rings is 1. The molecule has 1 unspecified atom stereocenters. The highest BCUT2D eigenvalue weighted by Crippen LogP contribution is 2.18. The second-order valence-corrected chi connectivity index (χ2v) is 7.42. The molecule has 0 radical (unpaired) electrons. The Kier molecular flexibility index (Phi) is 5.33. The molecule has 23 heavy (non-hydrogen) atoms. The molecule has 2 heterocycles. The first kappa shape index (κ1) is 16.5. The Labute approximate surface area is 141 Å². The second-order valence-electron chi connectivity index (χ2n) is 6.47. The van der Waals surface area contributed by atoms with Gasteiger partial charge >= 0.3 is 0 Å². The van der Waals surface area contributed by atoms with Crippen LogP contribution in [0, 0.1) is 0 Å². The number of piperazine rings is 1. The monoisotopic (exact) mass is 335 g/mol. The molecule has 0 spiro atoms. The maximum atomic E-state index is 12.4. The van der Waals surface area contributed by atoms with E-state index >= 15 is 0 Å². The van der Waals surface area contributed by atoms with Crippen LogP contribution in [0.15, 0.2) is 17.5 Å². The van der Waals surface area contributed by atoms with Crippen LogP contribution in [-0.2, 0) is 4.79 Å². The molecular formula is C17H25N3O2S. The predicted octanol–water partition coefficient (Wildman–Crippen LogP) is 1.95. The van der Waals surface area contributed by atoms with Crippen molar-refractivity contribution in [2.24, 2.45) is 0 Å². The largest absolute Gasteiger partial charge is 0.352 e. The maximum Gasteiger partial charge on any atom is 0.264 e. The average Bonchev–Trinajstić information content (AvgIpc) is 3.27. The first-order valence-electron chi connectivity index (χ1n) is 8.52. The van der Waals surface area contributed by atoms with E-state index in [0.717, 1.165) is 30.8 Å². The lowest BCUT2D eigenvalue weighted by Gasteiger charge is -2.37. The molecule has 2 aliphatic rings. The Morgan fingerprint density at radius 2 is 1.91 bits per heavy atom. The van der Waals surface area contributed by atoms with Crippen molar-refractivity contribution in [3.05, 3.63) is 22.4 Å². The van der Waals surface area contributed by atoms with E-state index in [4.69, 9.17) is 0 Å². The molecule has 1 atom stereocenters. The quantitative estimate of drug-likeness (QED) is 0.915. The average molecular weight is 335 g/mol. The van der Waals surface area contributed by atoms with E-state index in [-0.39, 0.29) is 17.9 Å². The van der Waals surface area contributed by atoms with Crippen LogP contribution in [0.1, 0.15) is 42.3 Å². The molecule has 6 heteroatoms. The molecule has 3 rings (SSSR count). The van der Waals surface area contributed by atoms with E-state index in [1.165, 1.54) is 24.2 Å². The van der Waals surface area contributed by atoms with E-state index in [2.05, 4.69) is 10.2 Å². The number of amides is 2. The zero-order valence-corrected chi connectivity index (χ0v) is 14.5. The summed E-state index contributed by atoms with van der Waals surface area (Å²) in [7, 11) is 0. The van der Waals surface area contributed by atoms with Gasteiger partial charge in [-0.2, -0.15) is 0 Å². The Balaban J connectivity index is 1.48. The van der Waals surface area contributed by atoms with Crippen molar-refractivity contribution < 1.29 is 9.59 Å². The molecule has 1 N–H and O–H groups in total. The predicted molar refractivity (Wildman–Crippen MR) is 91.7 cm³/mol. The minimum atomic E-state index is -0.116. The summed E-state index contributed by atoms with van der Waals surface area (Å²) in [5.74, 6) is 0.248. The fourth-order valence-corrected chi connectivity index (χ4v) is 4.12. The summed E-state index contributed by atoms with van der Waals surface area (Å²) in [6, 6.07) is 4.03. The number of nitrogens with zero attached hydrogens (tertiary/aromatic N) is 2. The molecule has 0 bridgehead atoms. The normalized spacial score (nSPS) is 21.3. The molecule has 2 amide bonds. The smallest absolute Gasteiger partial charge is 0.264 e. The standard InChI is InChI=1S/C17H25N3O2S/c1-13(16(21)18-14-5-2-3-6-14)19-8-10-20(11-9-19)17(22)15-7-4-12-23-15/h4,7,12-14H,2-3,5-6,8-11H2,1H3,(H,18,21). The number of carbonyl (C=O) groups excluding carboxylic acids is 2. The van der Waals surface area contributed by atoms with E-state index in [0.29, 0.717) is 19.1 Å². The topological polar surface area (TPSA) is 52.7 Å². The van der Waals surface area contributed by atoms with Gasteiger partial charge in [-0.15, -0.1) is 11.3 Å². The molecule has 1 aromatic rings. The van der Waals surface area contributed by atoms with Gasteiger partial charge in [-0.1, -0.05) is 18.9 Å². The van der Waals surface area contributed by atoms with Gasteiger partial charge < -0.3 is 10.2 Å². The lowest BCUT2D eigenvalue weighted by Crippen LogP contribution is -2.55. The van der Waals surface area contributed by atoms with Gasteiger partial charge in [0.1, 0.15) is 0 Å². The number of rotatable bonds is 4. The molecule has 1 aromatic heterocycles. The van der Waals surface area contributed by atoms with Crippen LogP contribution in [0.3, 0.4) is 0 Å². The highest BCUT2D eigenvalue weighted by atomic mass is 32.1. The van der Waals surface area contributed by atoms with Crippen molar-refractivity contribution >= 4 is 23.2 Å². The van der Waals surface area contributed by atoms with Gasteiger partial charge in [0.2, 0.25) is 5.91 Å². The third-order valence-electron chi connectivity index (χ3n) is 4.96. The van der Waals surface area contributed by atoms with E-state index in [1.807, 2.05) is 29.3 Å². The van der Waals surface area contributed by atoms with Crippen molar-refractivity contribution in [1.29, 1.82) is 0 Å². The molecule has 1 aliphatic carbocycles. The number of hydrogen-bond donors (Lipinski definition) is 1. The van der Waals surface area contributed by atoms with Gasteiger partial charge in [0.25, 0.3) is 5.91 Å². The van der Waals surface area contributed by atoms with Crippen LogP contribution >= 0.6 is 11.3 Å². The van der Waals surface area contributed by atoms with Crippen molar-refractivity contribution in [3.63, 3.8) is 0 Å². The molecule has 126 valence electrons. The number of hydrogen-bond acceptors (Lipinski definition) is 4. The van der Waals surface area contributed by atoms with Crippen molar-refractivity contribution in [3.8, 4) is 0 Å². The van der Waals surface area contributed by atoms with Crippen LogP contribution < -0.4 is 5.32 Å². The van der Waals surface area contributed by atoms with Crippen LogP contribution in [0.2, 0.25) is 0 Å². The van der Waals surface area contributed by atoms with E-state index in [1.54, 1.807) is 0 Å². The zero-order valence-electron chi connectivity index (χ0n) is 13.7. The maximum absolute atomic E-state index is 12.4. The van der Waals surface area contributed by atoms with Crippen molar-refractivity contribution in [2.45, 2.75) is 44.7 Å². The van der Waals surface area contributed by atoms with Gasteiger partial charge in [-0.25, -0.2) is 0 Å². The Morgan fingerprint density at radius 1 is 1.22 bits per heavy atom. The summed E-state index contributed by atoms with van der Waals surface area (Å²) in [6.45, 7) is 4.88. The van der Waals surface area contributed by atoms with Gasteiger partial charge in [0.15, 0.2) is 0 Å². The van der Waals surface area contributed by atoms with Crippen molar-refractivity contribution in [1.82, 2.24) is 15.1 Å². The first-order valence-corrected chi connectivity index (χ1v) is 9.40. The molecular weight excluding hydrogens is 310 g/mol. The molecule has 5 nitrogen and oxygen atoms in total. The Bertz CT molecular complexity index is 532. The summed E-state index contributed by atoms with van der Waals surface area (Å²) >= 11 is 1.49. The summed E-state index contributed by atoms with van der Waals surface area (Å²) < 4.78 is 0. The summed E-state index contributed by atoms with van der Waals surface area (Å²) in [5.41, 5.74) is 0. The number of carbonyl (C=O) groups is 2. The van der Waals surface area contributed by atoms with Gasteiger partial charge in [0.05, 0.1) is 10.9 Å². The molecule has 1 aliphatic heterocycles. The fourth-order valence-electron chi connectivity index (χ4n) is 3.43. The summed E-state index contributed by atoms with van der Waals surface area (Å²) in [6.07, 6.45) is 4.68. The van der Waals surface area contributed by atoms with Crippen LogP contribution in [0.5, 0.6) is 0 Å². The Morgan fingerprint density at radius 3 is 2.52 bits per heavy atom. The zero-order chi connectivity index (χ0) is 16.2. The molecule has 1 saturated carbocycles. The molecule has 1 saturated heterocycles. The van der Waals surface area contributed by atoms with Gasteiger partial charge in [-0.3, -0.25) is 14.5 Å². The van der Waals surface area contributed by atoms with E-state index < -0.39 is 0 Å². The van der Waals surface area contributed by atoms with Crippen LogP contribution in [0.25, 0.3) is 0 Å². The third kappa shape index (κ3) is 3.93. The van der Waals surface area contributed by atoms with Crippen molar-refractivity contribution in [2.75, 3.05) is 26.2 Å². The lowest BCUT2D eigenvalue weighted by molar-refractivity contribution is -0.127. The summed E-state index contributed by atoms with van der Waals surface area (Å²) in [5, 5.41) is 5.10. The Hall–Kier alpha value is -1.40. The first-order chi connectivity index (χ1) is 11.1. The van der Waals surface area contributed by atoms with Crippen LogP contribution in [-0.4, -0.2) is 59.9 Å². The lowest BCUT2D eigenvalue weighted by atomic mass is 10.2. The highest BCUT2D eigenvalue weighted by Gasteiger charge is 2.29. The SMILES string of the molecule is CC(C(=O)NC1CCCC1)N1CCN(C(=O)c2cccs2)CC1. The van der Waals surface area contributed by atoms with Gasteiger partial charge in [0, 0.05) is 32.2 Å². The molecule has 0 aromatic carbocycles. The van der Waals surface area contributed by atoms with Crippen LogP contribution in [0.4, 0.5) is 0 Å². The fraction of sp³-hybridized carbons (Fsp3) is 0.647. The minimum Gasteiger partial charge on any atom is -0.352 e. The van der Waals surface area contributed by atoms with E-state index in [9.17, 15) is 9.59 Å². The summed E-state index contributed by atoms with van der Waals surface area (Å²) in [4.78, 5) is 29.6. The molecule has 2 fully saturated rings. The van der Waals surface area contributed by atoms with Gasteiger partial charge in [-0.05, 0) is 31.2 Å². The highest BCUT2D eigenvalue weighted by molar-refractivity contribution is 7.12. The number of nitrogens with one attached hydrogen (secondary N) is 1. The minimum absolute atomic E-state index is 0.114.